The van der Waals surface area contributed by atoms with Crippen LogP contribution in [-0.2, 0) is 23.9 Å². The summed E-state index contributed by atoms with van der Waals surface area (Å²) in [7, 11) is 1.57. The maximum absolute atomic E-state index is 14.7. The highest BCUT2D eigenvalue weighted by atomic mass is 35.5. The molecule has 2 aromatic rings. The SMILES string of the molecule is C=CCCC[C@@H]1[C@H]2C[C@H]2C[C@H]1OC(=O)C[C@H](C(=O)N1C[C@H](Oc2nc3cc(OC)ccc3nc2Cl)[C@@H](CC)[C@H]1C(=O)OC(C)(C)C)C(C)(C)C. The summed E-state index contributed by atoms with van der Waals surface area (Å²) < 4.78 is 23.8. The van der Waals surface area contributed by atoms with E-state index in [2.05, 4.69) is 16.5 Å². The van der Waals surface area contributed by atoms with Gasteiger partial charge in [-0.05, 0) is 94.6 Å². The number of hydrogen-bond donors (Lipinski definition) is 0. The number of benzene rings is 1. The molecule has 8 atom stereocenters. The number of methoxy groups -OCH3 is 1. The van der Waals surface area contributed by atoms with Crippen LogP contribution >= 0.6 is 11.6 Å². The molecular formula is C39H54ClN3O7. The van der Waals surface area contributed by atoms with Gasteiger partial charge in [0, 0.05) is 12.0 Å². The van der Waals surface area contributed by atoms with Crippen molar-refractivity contribution in [3.8, 4) is 11.6 Å². The third-order valence-electron chi connectivity index (χ3n) is 10.5. The molecule has 1 aromatic carbocycles. The maximum Gasteiger partial charge on any atom is 0.329 e. The number of allylic oxidation sites excluding steroid dienone is 1. The molecule has 1 aromatic heterocycles. The van der Waals surface area contributed by atoms with E-state index in [4.69, 9.17) is 30.5 Å². The second-order valence-corrected chi connectivity index (χ2v) is 16.7. The lowest BCUT2D eigenvalue weighted by atomic mass is 9.77. The number of carbonyl (C=O) groups excluding carboxylic acids is 3. The zero-order chi connectivity index (χ0) is 36.5. The second kappa shape index (κ2) is 15.1. The van der Waals surface area contributed by atoms with Crippen LogP contribution < -0.4 is 9.47 Å². The van der Waals surface area contributed by atoms with Gasteiger partial charge in [0.2, 0.25) is 5.91 Å². The quantitative estimate of drug-likeness (QED) is 0.118. The molecule has 1 aliphatic heterocycles. The van der Waals surface area contributed by atoms with Crippen LogP contribution in [0, 0.1) is 35.0 Å². The average Bonchev–Trinajstić information content (AvgIpc) is 3.57. The van der Waals surface area contributed by atoms with Crippen LogP contribution in [0.1, 0.15) is 93.4 Å². The Labute approximate surface area is 301 Å². The summed E-state index contributed by atoms with van der Waals surface area (Å²) in [6, 6.07) is 4.33. The molecule has 11 heteroatoms. The van der Waals surface area contributed by atoms with Gasteiger partial charge in [-0.25, -0.2) is 14.8 Å². The first-order chi connectivity index (χ1) is 23.5. The molecule has 3 aliphatic rings. The minimum absolute atomic E-state index is 0.0683. The third kappa shape index (κ3) is 8.55. The van der Waals surface area contributed by atoms with Crippen LogP contribution in [0.4, 0.5) is 0 Å². The number of hydrogen-bond acceptors (Lipinski definition) is 9. The Morgan fingerprint density at radius 2 is 1.80 bits per heavy atom. The van der Waals surface area contributed by atoms with Gasteiger partial charge < -0.3 is 23.8 Å². The standard InChI is InChI=1S/C39H54ClN3O7/c1-10-12-13-14-25-26-17-22(26)18-30(25)48-32(44)20-27(38(3,4)5)36(45)43-21-31(24(11-2)33(43)37(46)50-39(6,7)8)49-35-34(40)41-28-16-15-23(47-9)19-29(28)42-35/h10,15-16,19,22,24-27,30-31,33H,1,11-14,17-18,20-21H2,2-9H3/t22-,24+,25+,26-,27+,30+,31-,33-/m0/s1. The van der Waals surface area contributed by atoms with Crippen LogP contribution in [0.3, 0.4) is 0 Å². The van der Waals surface area contributed by atoms with E-state index < -0.39 is 41.0 Å². The molecule has 1 saturated heterocycles. The number of rotatable bonds is 13. The number of carbonyl (C=O) groups is 3. The van der Waals surface area contributed by atoms with Crippen molar-refractivity contribution < 1.29 is 33.3 Å². The zero-order valence-electron chi connectivity index (χ0n) is 30.9. The van der Waals surface area contributed by atoms with Gasteiger partial charge in [-0.15, -0.1) is 6.58 Å². The molecule has 0 radical (unpaired) electrons. The predicted molar refractivity (Wildman–Crippen MR) is 192 cm³/mol. The summed E-state index contributed by atoms with van der Waals surface area (Å²) in [5.41, 5.74) is -0.294. The number of ether oxygens (including phenoxy) is 4. The second-order valence-electron chi connectivity index (χ2n) is 16.3. The highest BCUT2D eigenvalue weighted by Crippen LogP contribution is 2.58. The summed E-state index contributed by atoms with van der Waals surface area (Å²) in [6.45, 7) is 17.1. The molecule has 1 amide bonds. The summed E-state index contributed by atoms with van der Waals surface area (Å²) in [4.78, 5) is 52.9. The first-order valence-corrected chi connectivity index (χ1v) is 18.4. The lowest BCUT2D eigenvalue weighted by Crippen LogP contribution is -2.50. The van der Waals surface area contributed by atoms with E-state index in [9.17, 15) is 14.4 Å². The molecule has 2 aliphatic carbocycles. The van der Waals surface area contributed by atoms with Crippen molar-refractivity contribution in [3.63, 3.8) is 0 Å². The fraction of sp³-hybridized carbons (Fsp3) is 0.667. The molecule has 274 valence electrons. The lowest BCUT2D eigenvalue weighted by molar-refractivity contribution is -0.167. The van der Waals surface area contributed by atoms with Gasteiger partial charge in [-0.2, -0.15) is 0 Å². The zero-order valence-corrected chi connectivity index (χ0v) is 31.6. The predicted octanol–water partition coefficient (Wildman–Crippen LogP) is 7.59. The first-order valence-electron chi connectivity index (χ1n) is 18.1. The Bertz CT molecular complexity index is 1580. The average molecular weight is 712 g/mol. The molecule has 0 unspecified atom stereocenters. The molecule has 5 rings (SSSR count). The number of unbranched alkanes of at least 4 members (excludes halogenated alkanes) is 1. The molecule has 2 heterocycles. The van der Waals surface area contributed by atoms with Crippen LogP contribution in [0.15, 0.2) is 30.9 Å². The summed E-state index contributed by atoms with van der Waals surface area (Å²) >= 11 is 6.57. The van der Waals surface area contributed by atoms with Gasteiger partial charge in [-0.3, -0.25) is 9.59 Å². The lowest BCUT2D eigenvalue weighted by Gasteiger charge is -2.36. The minimum Gasteiger partial charge on any atom is -0.497 e. The van der Waals surface area contributed by atoms with Gasteiger partial charge in [0.05, 0.1) is 37.0 Å². The van der Waals surface area contributed by atoms with Gasteiger partial charge in [0.1, 0.15) is 29.6 Å². The van der Waals surface area contributed by atoms with Gasteiger partial charge in [0.25, 0.3) is 5.88 Å². The summed E-state index contributed by atoms with van der Waals surface area (Å²) in [5, 5.41) is 0.0683. The smallest absolute Gasteiger partial charge is 0.329 e. The molecular weight excluding hydrogens is 658 g/mol. The molecule has 3 fully saturated rings. The van der Waals surface area contributed by atoms with Gasteiger partial charge in [0.15, 0.2) is 5.15 Å². The van der Waals surface area contributed by atoms with E-state index in [1.165, 1.54) is 6.42 Å². The summed E-state index contributed by atoms with van der Waals surface area (Å²) in [6.07, 6.45) is 6.67. The molecule has 2 saturated carbocycles. The fourth-order valence-corrected chi connectivity index (χ4v) is 8.10. The van der Waals surface area contributed by atoms with E-state index in [1.807, 2.05) is 33.8 Å². The monoisotopic (exact) mass is 711 g/mol. The highest BCUT2D eigenvalue weighted by molar-refractivity contribution is 6.31. The fourth-order valence-electron chi connectivity index (χ4n) is 7.92. The van der Waals surface area contributed by atoms with Crippen molar-refractivity contribution in [1.82, 2.24) is 14.9 Å². The Balaban J connectivity index is 1.39. The highest BCUT2D eigenvalue weighted by Gasteiger charge is 2.55. The normalized spacial score (nSPS) is 26.7. The largest absolute Gasteiger partial charge is 0.497 e. The molecule has 0 bridgehead atoms. The Morgan fingerprint density at radius 3 is 2.44 bits per heavy atom. The van der Waals surface area contributed by atoms with Crippen LogP contribution in [0.2, 0.25) is 5.15 Å². The number of esters is 2. The summed E-state index contributed by atoms with van der Waals surface area (Å²) in [5.74, 6) is -0.0788. The molecule has 10 nitrogen and oxygen atoms in total. The number of amides is 1. The van der Waals surface area contributed by atoms with Crippen molar-refractivity contribution in [2.45, 2.75) is 117 Å². The number of likely N-dealkylation sites (tertiary alicyclic amines) is 1. The Hall–Kier alpha value is -3.40. The van der Waals surface area contributed by atoms with Crippen LogP contribution in [0.5, 0.6) is 11.6 Å². The number of halogens is 1. The third-order valence-corrected chi connectivity index (χ3v) is 10.8. The van der Waals surface area contributed by atoms with Crippen molar-refractivity contribution in [2.24, 2.45) is 35.0 Å². The van der Waals surface area contributed by atoms with E-state index in [0.717, 1.165) is 25.7 Å². The van der Waals surface area contributed by atoms with Gasteiger partial charge in [-0.1, -0.05) is 45.4 Å². The number of nitrogens with zero attached hydrogens (tertiary/aromatic N) is 3. The van der Waals surface area contributed by atoms with Gasteiger partial charge >= 0.3 is 11.9 Å². The number of aromatic nitrogens is 2. The Kier molecular flexibility index (Phi) is 11.4. The van der Waals surface area contributed by atoms with Crippen LogP contribution in [-0.4, -0.2) is 70.2 Å². The number of fused-ring (bicyclic) bond motifs is 2. The van der Waals surface area contributed by atoms with Crippen molar-refractivity contribution in [1.29, 1.82) is 0 Å². The topological polar surface area (TPSA) is 117 Å². The minimum atomic E-state index is -0.943. The Morgan fingerprint density at radius 1 is 1.06 bits per heavy atom. The van der Waals surface area contributed by atoms with E-state index in [0.29, 0.717) is 41.0 Å². The molecule has 50 heavy (non-hydrogen) atoms. The maximum atomic E-state index is 14.7. The van der Waals surface area contributed by atoms with Crippen molar-refractivity contribution in [3.05, 3.63) is 36.0 Å². The van der Waals surface area contributed by atoms with E-state index >= 15 is 0 Å². The van der Waals surface area contributed by atoms with Crippen molar-refractivity contribution >= 4 is 40.5 Å². The molecule has 0 spiro atoms. The van der Waals surface area contributed by atoms with Crippen molar-refractivity contribution in [2.75, 3.05) is 13.7 Å². The van der Waals surface area contributed by atoms with Crippen LogP contribution in [0.25, 0.3) is 11.0 Å². The van der Waals surface area contributed by atoms with E-state index in [1.54, 1.807) is 51.0 Å². The first kappa shape index (κ1) is 37.8. The van der Waals surface area contributed by atoms with E-state index in [-0.39, 0.29) is 42.0 Å². The molecule has 0 N–H and O–H groups in total.